The van der Waals surface area contributed by atoms with Crippen LogP contribution in [0.1, 0.15) is 20.8 Å². The lowest BCUT2D eigenvalue weighted by molar-refractivity contribution is -0.384. The van der Waals surface area contributed by atoms with Crippen molar-refractivity contribution in [2.75, 3.05) is 11.6 Å². The molecule has 0 spiro atoms. The van der Waals surface area contributed by atoms with E-state index >= 15 is 0 Å². The van der Waals surface area contributed by atoms with Gasteiger partial charge in [0.1, 0.15) is 11.3 Å². The Bertz CT molecular complexity index is 979. The second kappa shape index (κ2) is 7.31. The second-order valence-electron chi connectivity index (χ2n) is 6.77. The molecule has 0 radical (unpaired) electrons. The summed E-state index contributed by atoms with van der Waals surface area (Å²) in [6, 6.07) is 7.11. The molecule has 1 amide bonds. The number of benzene rings is 1. The number of anilines is 1. The molecule has 10 heteroatoms. The highest BCUT2D eigenvalue weighted by Gasteiger charge is 2.21. The maximum atomic E-state index is 11.8. The van der Waals surface area contributed by atoms with Gasteiger partial charge in [0, 0.05) is 29.8 Å². The van der Waals surface area contributed by atoms with E-state index in [9.17, 15) is 23.3 Å². The van der Waals surface area contributed by atoms with Gasteiger partial charge in [0.2, 0.25) is 0 Å². The normalized spacial score (nSPS) is 11.7. The van der Waals surface area contributed by atoms with Crippen LogP contribution in [0.15, 0.2) is 41.4 Å². The van der Waals surface area contributed by atoms with Crippen molar-refractivity contribution >= 4 is 27.3 Å². The van der Waals surface area contributed by atoms with Crippen LogP contribution in [-0.2, 0) is 14.6 Å². The molecule has 9 nitrogen and oxygen atoms in total. The highest BCUT2D eigenvalue weighted by atomic mass is 32.2. The molecular weight excluding hydrogens is 374 g/mol. The van der Waals surface area contributed by atoms with Crippen molar-refractivity contribution in [1.29, 1.82) is 0 Å². The summed E-state index contributed by atoms with van der Waals surface area (Å²) in [4.78, 5) is 26.1. The van der Waals surface area contributed by atoms with Crippen LogP contribution >= 0.6 is 0 Å². The Morgan fingerprint density at radius 1 is 1.22 bits per heavy atom. The summed E-state index contributed by atoms with van der Waals surface area (Å²) in [6.45, 7) is 5.21. The molecule has 0 aliphatic rings. The first kappa shape index (κ1) is 20.3. The number of aromatic nitrogens is 1. The zero-order chi connectivity index (χ0) is 20.4. The topological polar surface area (TPSA) is 128 Å². The summed E-state index contributed by atoms with van der Waals surface area (Å²) < 4.78 is 28.3. The van der Waals surface area contributed by atoms with Gasteiger partial charge in [-0.3, -0.25) is 15.4 Å². The second-order valence-corrected chi connectivity index (χ2v) is 8.79. The van der Waals surface area contributed by atoms with E-state index in [-0.39, 0.29) is 10.6 Å². The fraction of sp³-hybridized carbons (Fsp3) is 0.294. The van der Waals surface area contributed by atoms with Gasteiger partial charge in [-0.1, -0.05) is 12.1 Å². The van der Waals surface area contributed by atoms with E-state index in [1.54, 1.807) is 20.8 Å². The third-order valence-electron chi connectivity index (χ3n) is 3.27. The molecule has 2 rings (SSSR count). The van der Waals surface area contributed by atoms with Gasteiger partial charge >= 0.3 is 6.09 Å². The molecule has 0 atom stereocenters. The zero-order valence-electron chi connectivity index (χ0n) is 15.2. The van der Waals surface area contributed by atoms with Crippen LogP contribution in [0.5, 0.6) is 0 Å². The molecule has 2 aromatic rings. The quantitative estimate of drug-likeness (QED) is 0.622. The monoisotopic (exact) mass is 393 g/mol. The summed E-state index contributed by atoms with van der Waals surface area (Å²) in [5.74, 6) is 0. The Morgan fingerprint density at radius 2 is 1.81 bits per heavy atom. The summed E-state index contributed by atoms with van der Waals surface area (Å²) in [5.41, 5.74) is -0.211. The zero-order valence-corrected chi connectivity index (χ0v) is 16.0. The number of nitro groups is 1. The molecule has 0 saturated heterocycles. The van der Waals surface area contributed by atoms with Crippen molar-refractivity contribution in [3.05, 3.63) is 46.6 Å². The van der Waals surface area contributed by atoms with Gasteiger partial charge in [-0.2, -0.15) is 0 Å². The maximum Gasteiger partial charge on any atom is 0.412 e. The Morgan fingerprint density at radius 3 is 2.30 bits per heavy atom. The van der Waals surface area contributed by atoms with Gasteiger partial charge in [0.15, 0.2) is 9.84 Å². The van der Waals surface area contributed by atoms with Crippen molar-refractivity contribution in [2.45, 2.75) is 31.3 Å². The lowest BCUT2D eigenvalue weighted by Crippen LogP contribution is -2.27. The minimum atomic E-state index is -3.62. The number of hydrogen-bond donors (Lipinski definition) is 1. The van der Waals surface area contributed by atoms with Crippen molar-refractivity contribution in [1.82, 2.24) is 4.98 Å². The number of carbonyl (C=O) groups excluding carboxylic acids is 1. The fourth-order valence-corrected chi connectivity index (χ4v) is 2.70. The minimum absolute atomic E-state index is 0.0243. The predicted octanol–water partition coefficient (Wildman–Crippen LogP) is 3.41. The lowest BCUT2D eigenvalue weighted by atomic mass is 10.1. The standard InChI is InChI=1S/C17H19N3O6S/c1-17(2,3)26-16(21)19-12-7-5-11(6-8-12)15-14(20(22)23)9-13(10-18-15)27(4,24)25/h5-10H,1-4H3,(H,19,21). The SMILES string of the molecule is CC(C)(C)OC(=O)Nc1ccc(-c2ncc(S(C)(=O)=O)cc2[N+](=O)[O-])cc1. The van der Waals surface area contributed by atoms with Crippen molar-refractivity contribution in [2.24, 2.45) is 0 Å². The summed E-state index contributed by atoms with van der Waals surface area (Å²) >= 11 is 0. The molecule has 144 valence electrons. The molecular formula is C17H19N3O6S. The number of nitrogens with one attached hydrogen (secondary N) is 1. The average Bonchev–Trinajstić information content (AvgIpc) is 2.52. The molecule has 1 N–H and O–H groups in total. The van der Waals surface area contributed by atoms with Gasteiger partial charge in [-0.25, -0.2) is 18.2 Å². The molecule has 0 saturated carbocycles. The molecule has 1 heterocycles. The lowest BCUT2D eigenvalue weighted by Gasteiger charge is -2.19. The number of hydrogen-bond acceptors (Lipinski definition) is 7. The molecule has 0 aliphatic carbocycles. The Hall–Kier alpha value is -3.01. The minimum Gasteiger partial charge on any atom is -0.444 e. The Labute approximate surface area is 156 Å². The first-order chi connectivity index (χ1) is 12.4. The van der Waals surface area contributed by atoms with Gasteiger partial charge in [-0.15, -0.1) is 0 Å². The van der Waals surface area contributed by atoms with Crippen LogP contribution < -0.4 is 5.32 Å². The average molecular weight is 393 g/mol. The van der Waals surface area contributed by atoms with Gasteiger partial charge < -0.3 is 4.74 Å². The fourth-order valence-electron chi connectivity index (χ4n) is 2.13. The molecule has 1 aromatic carbocycles. The predicted molar refractivity (Wildman–Crippen MR) is 99.3 cm³/mol. The molecule has 0 bridgehead atoms. The smallest absolute Gasteiger partial charge is 0.412 e. The Kier molecular flexibility index (Phi) is 5.50. The molecule has 0 aliphatic heterocycles. The number of carbonyl (C=O) groups is 1. The van der Waals surface area contributed by atoms with Crippen molar-refractivity contribution < 1.29 is 22.9 Å². The van der Waals surface area contributed by atoms with Crippen molar-refractivity contribution in [3.63, 3.8) is 0 Å². The number of sulfone groups is 1. The first-order valence-electron chi connectivity index (χ1n) is 7.82. The van der Waals surface area contributed by atoms with E-state index in [1.807, 2.05) is 0 Å². The number of rotatable bonds is 4. The number of amides is 1. The number of ether oxygens (including phenoxy) is 1. The van der Waals surface area contributed by atoms with Gasteiger partial charge in [0.05, 0.1) is 9.82 Å². The Balaban J connectivity index is 2.31. The maximum absolute atomic E-state index is 11.8. The van der Waals surface area contributed by atoms with Crippen LogP contribution in [0, 0.1) is 10.1 Å². The highest BCUT2D eigenvalue weighted by molar-refractivity contribution is 7.90. The molecule has 0 fully saturated rings. The largest absolute Gasteiger partial charge is 0.444 e. The summed E-state index contributed by atoms with van der Waals surface area (Å²) in [5, 5.41) is 13.9. The first-order valence-corrected chi connectivity index (χ1v) is 9.71. The van der Waals surface area contributed by atoms with Crippen LogP contribution in [0.4, 0.5) is 16.2 Å². The van der Waals surface area contributed by atoms with E-state index < -0.39 is 32.1 Å². The van der Waals surface area contributed by atoms with Crippen LogP contribution in [0.3, 0.4) is 0 Å². The van der Waals surface area contributed by atoms with Gasteiger partial charge in [0.25, 0.3) is 5.69 Å². The van der Waals surface area contributed by atoms with Crippen LogP contribution in [-0.4, -0.2) is 36.3 Å². The van der Waals surface area contributed by atoms with Crippen molar-refractivity contribution in [3.8, 4) is 11.3 Å². The summed E-state index contributed by atoms with van der Waals surface area (Å²) in [6.07, 6.45) is 1.39. The third kappa shape index (κ3) is 5.48. The van der Waals surface area contributed by atoms with E-state index in [0.717, 1.165) is 18.5 Å². The molecule has 27 heavy (non-hydrogen) atoms. The van der Waals surface area contributed by atoms with Crippen LogP contribution in [0.25, 0.3) is 11.3 Å². The number of nitrogens with zero attached hydrogens (tertiary/aromatic N) is 2. The highest BCUT2D eigenvalue weighted by Crippen LogP contribution is 2.30. The number of pyridine rings is 1. The third-order valence-corrected chi connectivity index (χ3v) is 4.35. The molecule has 0 unspecified atom stereocenters. The van der Waals surface area contributed by atoms with E-state index in [0.29, 0.717) is 11.3 Å². The van der Waals surface area contributed by atoms with Gasteiger partial charge in [-0.05, 0) is 32.9 Å². The van der Waals surface area contributed by atoms with Crippen LogP contribution in [0.2, 0.25) is 0 Å². The van der Waals surface area contributed by atoms with E-state index in [2.05, 4.69) is 10.3 Å². The van der Waals surface area contributed by atoms with E-state index in [4.69, 9.17) is 4.74 Å². The summed E-state index contributed by atoms with van der Waals surface area (Å²) in [7, 11) is -3.62. The molecule has 1 aromatic heterocycles. The van der Waals surface area contributed by atoms with E-state index in [1.165, 1.54) is 24.3 Å².